The van der Waals surface area contributed by atoms with Crippen molar-refractivity contribution in [2.24, 2.45) is 7.05 Å². The zero-order chi connectivity index (χ0) is 19.0. The maximum Gasteiger partial charge on any atom is 0.279 e. The number of aryl methyl sites for hydroxylation is 5. The van der Waals surface area contributed by atoms with E-state index >= 15 is 0 Å². The Kier molecular flexibility index (Phi) is 4.78. The van der Waals surface area contributed by atoms with Crippen molar-refractivity contribution < 1.29 is 9.59 Å². The number of aromatic nitrogens is 3. The lowest BCUT2D eigenvalue weighted by Crippen LogP contribution is -2.41. The van der Waals surface area contributed by atoms with Crippen LogP contribution in [0, 0.1) is 20.8 Å². The summed E-state index contributed by atoms with van der Waals surface area (Å²) in [6, 6.07) is 3.54. The van der Waals surface area contributed by atoms with Gasteiger partial charge in [0.05, 0.1) is 21.5 Å². The van der Waals surface area contributed by atoms with E-state index in [-0.39, 0.29) is 5.91 Å². The summed E-state index contributed by atoms with van der Waals surface area (Å²) in [5, 5.41) is 5.01. The van der Waals surface area contributed by atoms with Crippen molar-refractivity contribution in [1.29, 1.82) is 0 Å². The highest BCUT2D eigenvalue weighted by Gasteiger charge is 2.19. The second-order valence-electron chi connectivity index (χ2n) is 6.20. The molecule has 3 aromatic heterocycles. The number of fused-ring (bicyclic) bond motifs is 1. The van der Waals surface area contributed by atoms with Crippen molar-refractivity contribution in [1.82, 2.24) is 25.6 Å². The van der Waals surface area contributed by atoms with Gasteiger partial charge < -0.3 is 0 Å². The third-order valence-electron chi connectivity index (χ3n) is 4.20. The van der Waals surface area contributed by atoms with E-state index < -0.39 is 5.91 Å². The first-order chi connectivity index (χ1) is 12.3. The molecule has 2 amide bonds. The van der Waals surface area contributed by atoms with Gasteiger partial charge in [0.25, 0.3) is 11.8 Å². The summed E-state index contributed by atoms with van der Waals surface area (Å²) < 4.78 is 1.65. The summed E-state index contributed by atoms with van der Waals surface area (Å²) in [6.45, 7) is 7.68. The van der Waals surface area contributed by atoms with Gasteiger partial charge in [-0.2, -0.15) is 5.10 Å². The van der Waals surface area contributed by atoms with E-state index in [1.807, 2.05) is 26.8 Å². The summed E-state index contributed by atoms with van der Waals surface area (Å²) in [6.07, 6.45) is 0.880. The van der Waals surface area contributed by atoms with Gasteiger partial charge in [-0.1, -0.05) is 6.92 Å². The van der Waals surface area contributed by atoms with Crippen LogP contribution in [0.5, 0.6) is 0 Å². The smallest absolute Gasteiger partial charge is 0.267 e. The number of thiophene rings is 1. The minimum atomic E-state index is -0.394. The Bertz CT molecular complexity index is 1020. The lowest BCUT2D eigenvalue weighted by Gasteiger charge is -2.08. The topological polar surface area (TPSA) is 88.9 Å². The highest BCUT2D eigenvalue weighted by molar-refractivity contribution is 7.14. The van der Waals surface area contributed by atoms with E-state index in [0.29, 0.717) is 32.9 Å². The second kappa shape index (κ2) is 6.87. The number of nitrogens with one attached hydrogen (secondary N) is 2. The SMILES string of the molecule is CCc1sc(C(=O)NNC(=O)c2cc(C)nc3c2c(C)nn3C)cc1C. The predicted octanol–water partition coefficient (Wildman–Crippen LogP) is 2.59. The molecule has 0 radical (unpaired) electrons. The van der Waals surface area contributed by atoms with Gasteiger partial charge in [-0.25, -0.2) is 4.98 Å². The van der Waals surface area contributed by atoms with Gasteiger partial charge in [0.15, 0.2) is 5.65 Å². The fourth-order valence-electron chi connectivity index (χ4n) is 2.97. The monoisotopic (exact) mass is 371 g/mol. The third kappa shape index (κ3) is 3.20. The van der Waals surface area contributed by atoms with Gasteiger partial charge in [-0.3, -0.25) is 25.1 Å². The second-order valence-corrected chi connectivity index (χ2v) is 7.33. The molecule has 26 heavy (non-hydrogen) atoms. The highest BCUT2D eigenvalue weighted by atomic mass is 32.1. The van der Waals surface area contributed by atoms with Crippen molar-refractivity contribution in [3.8, 4) is 0 Å². The molecule has 0 saturated carbocycles. The van der Waals surface area contributed by atoms with E-state index in [0.717, 1.165) is 12.0 Å². The molecule has 0 atom stereocenters. The van der Waals surface area contributed by atoms with E-state index in [1.165, 1.54) is 16.2 Å². The van der Waals surface area contributed by atoms with Crippen LogP contribution in [0.25, 0.3) is 11.0 Å². The largest absolute Gasteiger partial charge is 0.279 e. The van der Waals surface area contributed by atoms with Crippen LogP contribution < -0.4 is 10.9 Å². The van der Waals surface area contributed by atoms with Crippen LogP contribution in [0.4, 0.5) is 0 Å². The minimum Gasteiger partial charge on any atom is -0.267 e. The molecule has 0 aromatic carbocycles. The highest BCUT2D eigenvalue weighted by Crippen LogP contribution is 2.23. The van der Waals surface area contributed by atoms with E-state index in [1.54, 1.807) is 17.8 Å². The quantitative estimate of drug-likeness (QED) is 0.693. The summed E-state index contributed by atoms with van der Waals surface area (Å²) in [7, 11) is 1.79. The van der Waals surface area contributed by atoms with Gasteiger partial charge in [0.1, 0.15) is 0 Å². The lowest BCUT2D eigenvalue weighted by atomic mass is 10.1. The first-order valence-corrected chi connectivity index (χ1v) is 9.14. The van der Waals surface area contributed by atoms with Gasteiger partial charge >= 0.3 is 0 Å². The molecule has 0 unspecified atom stereocenters. The van der Waals surface area contributed by atoms with Crippen LogP contribution in [0.2, 0.25) is 0 Å². The van der Waals surface area contributed by atoms with Crippen molar-refractivity contribution >= 4 is 34.2 Å². The Hall–Kier alpha value is -2.74. The number of nitrogens with zero attached hydrogens (tertiary/aromatic N) is 3. The Morgan fingerprint density at radius 3 is 2.50 bits per heavy atom. The Labute approximate surface area is 155 Å². The minimum absolute atomic E-state index is 0.323. The Morgan fingerprint density at radius 2 is 1.85 bits per heavy atom. The fourth-order valence-corrected chi connectivity index (χ4v) is 3.98. The van der Waals surface area contributed by atoms with Gasteiger partial charge in [-0.15, -0.1) is 11.3 Å². The maximum absolute atomic E-state index is 12.6. The average Bonchev–Trinajstić information content (AvgIpc) is 3.11. The molecule has 8 heteroatoms. The Balaban J connectivity index is 1.82. The number of pyridine rings is 1. The van der Waals surface area contributed by atoms with E-state index in [2.05, 4.69) is 27.9 Å². The standard InChI is InChI=1S/C18H21N5O2S/c1-6-13-9(2)7-14(26-13)18(25)21-20-17(24)12-8-10(3)19-16-15(12)11(4)22-23(16)5/h7-8H,6H2,1-5H3,(H,20,24)(H,21,25). The van der Waals surface area contributed by atoms with E-state index in [9.17, 15) is 9.59 Å². The molecule has 0 aliphatic heterocycles. The van der Waals surface area contributed by atoms with Crippen LogP contribution in [0.1, 0.15) is 48.8 Å². The summed E-state index contributed by atoms with van der Waals surface area (Å²) in [5.41, 5.74) is 8.59. The molecule has 0 saturated heterocycles. The van der Waals surface area contributed by atoms with Crippen LogP contribution in [-0.2, 0) is 13.5 Å². The first kappa shape index (κ1) is 18.1. The number of carbonyl (C=O) groups excluding carboxylic acids is 2. The number of hydrogen-bond acceptors (Lipinski definition) is 5. The predicted molar refractivity (Wildman–Crippen MR) is 101 cm³/mol. The molecular formula is C18H21N5O2S. The van der Waals surface area contributed by atoms with Crippen molar-refractivity contribution in [2.75, 3.05) is 0 Å². The number of amides is 2. The zero-order valence-electron chi connectivity index (χ0n) is 15.4. The normalized spacial score (nSPS) is 11.0. The molecule has 7 nitrogen and oxygen atoms in total. The number of carbonyl (C=O) groups is 2. The number of hydrogen-bond donors (Lipinski definition) is 2. The molecule has 3 rings (SSSR count). The molecule has 0 fully saturated rings. The third-order valence-corrected chi connectivity index (χ3v) is 5.58. The van der Waals surface area contributed by atoms with Crippen LogP contribution in [0.3, 0.4) is 0 Å². The zero-order valence-corrected chi connectivity index (χ0v) is 16.2. The molecule has 3 aromatic rings. The molecular weight excluding hydrogens is 350 g/mol. The average molecular weight is 371 g/mol. The van der Waals surface area contributed by atoms with Gasteiger partial charge in [0, 0.05) is 17.6 Å². The van der Waals surface area contributed by atoms with Crippen molar-refractivity contribution in [3.63, 3.8) is 0 Å². The molecule has 136 valence electrons. The molecule has 0 aliphatic rings. The Morgan fingerprint density at radius 1 is 1.15 bits per heavy atom. The number of rotatable bonds is 3. The van der Waals surface area contributed by atoms with Crippen LogP contribution >= 0.6 is 11.3 Å². The van der Waals surface area contributed by atoms with Crippen molar-refractivity contribution in [2.45, 2.75) is 34.1 Å². The summed E-state index contributed by atoms with van der Waals surface area (Å²) in [4.78, 5) is 31.1. The molecule has 2 N–H and O–H groups in total. The molecule has 0 bridgehead atoms. The fraction of sp³-hybridized carbons (Fsp3) is 0.333. The lowest BCUT2D eigenvalue weighted by molar-refractivity contribution is 0.0849. The maximum atomic E-state index is 12.6. The summed E-state index contributed by atoms with van der Waals surface area (Å²) in [5.74, 6) is -0.718. The summed E-state index contributed by atoms with van der Waals surface area (Å²) >= 11 is 1.44. The van der Waals surface area contributed by atoms with Gasteiger partial charge in [-0.05, 0) is 44.9 Å². The van der Waals surface area contributed by atoms with E-state index in [4.69, 9.17) is 0 Å². The van der Waals surface area contributed by atoms with Crippen LogP contribution in [0.15, 0.2) is 12.1 Å². The van der Waals surface area contributed by atoms with Gasteiger partial charge in [0.2, 0.25) is 0 Å². The molecule has 3 heterocycles. The molecule has 0 aliphatic carbocycles. The van der Waals surface area contributed by atoms with Crippen molar-refractivity contribution in [3.05, 3.63) is 44.4 Å². The van der Waals surface area contributed by atoms with Crippen LogP contribution in [-0.4, -0.2) is 26.6 Å². The first-order valence-electron chi connectivity index (χ1n) is 8.32. The number of hydrazine groups is 1. The molecule has 0 spiro atoms.